The van der Waals surface area contributed by atoms with Crippen molar-refractivity contribution in [2.75, 3.05) is 12.4 Å². The monoisotopic (exact) mass is 426 g/mol. The van der Waals surface area contributed by atoms with Gasteiger partial charge in [0.1, 0.15) is 22.8 Å². The van der Waals surface area contributed by atoms with Gasteiger partial charge in [-0.25, -0.2) is 0 Å². The van der Waals surface area contributed by atoms with Gasteiger partial charge in [0.15, 0.2) is 0 Å². The Kier molecular flexibility index (Phi) is 4.93. The molecule has 124 valence electrons. The molecule has 8 heteroatoms. The predicted octanol–water partition coefficient (Wildman–Crippen LogP) is 5.39. The lowest BCUT2D eigenvalue weighted by Crippen LogP contribution is -2.13. The van der Waals surface area contributed by atoms with Gasteiger partial charge in [-0.2, -0.15) is 0 Å². The lowest BCUT2D eigenvalue weighted by molar-refractivity contribution is 0.102. The number of thiophene rings is 1. The van der Waals surface area contributed by atoms with E-state index in [1.54, 1.807) is 25.1 Å². The van der Waals surface area contributed by atoms with Crippen LogP contribution in [0.15, 0.2) is 38.6 Å². The van der Waals surface area contributed by atoms with E-state index in [2.05, 4.69) is 26.4 Å². The van der Waals surface area contributed by atoms with Gasteiger partial charge >= 0.3 is 0 Å². The Labute approximate surface area is 155 Å². The van der Waals surface area contributed by atoms with E-state index in [-0.39, 0.29) is 5.91 Å². The van der Waals surface area contributed by atoms with Crippen LogP contribution in [0.25, 0.3) is 10.6 Å². The normalized spacial score (nSPS) is 10.7. The number of hydrogen-bond acceptors (Lipinski definition) is 5. The van der Waals surface area contributed by atoms with Gasteiger partial charge in [-0.05, 0) is 53.2 Å². The van der Waals surface area contributed by atoms with Crippen molar-refractivity contribution in [1.29, 1.82) is 0 Å². The van der Waals surface area contributed by atoms with Gasteiger partial charge in [0.05, 0.1) is 20.8 Å². The average molecular weight is 428 g/mol. The largest absolute Gasteiger partial charge is 0.495 e. The van der Waals surface area contributed by atoms with E-state index >= 15 is 0 Å². The summed E-state index contributed by atoms with van der Waals surface area (Å²) in [5.41, 5.74) is 1.47. The van der Waals surface area contributed by atoms with Crippen molar-refractivity contribution in [3.05, 3.63) is 50.5 Å². The van der Waals surface area contributed by atoms with Gasteiger partial charge in [-0.3, -0.25) is 4.79 Å². The molecule has 1 N–H and O–H groups in total. The average Bonchev–Trinajstić information content (AvgIpc) is 3.13. The highest BCUT2D eigenvalue weighted by molar-refractivity contribution is 9.11. The van der Waals surface area contributed by atoms with Crippen molar-refractivity contribution in [3.63, 3.8) is 0 Å². The topological polar surface area (TPSA) is 64.4 Å². The van der Waals surface area contributed by atoms with Crippen LogP contribution in [0.3, 0.4) is 0 Å². The van der Waals surface area contributed by atoms with Crippen molar-refractivity contribution in [2.24, 2.45) is 0 Å². The third-order valence-electron chi connectivity index (χ3n) is 3.31. The van der Waals surface area contributed by atoms with E-state index in [0.717, 1.165) is 8.66 Å². The molecule has 0 fully saturated rings. The number of halogens is 2. The van der Waals surface area contributed by atoms with Crippen LogP contribution in [-0.2, 0) is 0 Å². The van der Waals surface area contributed by atoms with E-state index in [1.807, 2.05) is 12.1 Å². The maximum absolute atomic E-state index is 12.7. The van der Waals surface area contributed by atoms with Gasteiger partial charge in [0, 0.05) is 5.69 Å². The molecular formula is C16H12BrClN2O3S. The molecule has 0 aliphatic carbocycles. The van der Waals surface area contributed by atoms with Gasteiger partial charge in [0.2, 0.25) is 0 Å². The van der Waals surface area contributed by atoms with Gasteiger partial charge in [0.25, 0.3) is 5.91 Å². The van der Waals surface area contributed by atoms with Crippen LogP contribution in [0.5, 0.6) is 5.75 Å². The van der Waals surface area contributed by atoms with Gasteiger partial charge in [-0.15, -0.1) is 11.3 Å². The molecule has 0 atom stereocenters. The maximum atomic E-state index is 12.7. The Morgan fingerprint density at radius 3 is 2.79 bits per heavy atom. The predicted molar refractivity (Wildman–Crippen MR) is 98.2 cm³/mol. The van der Waals surface area contributed by atoms with E-state index in [0.29, 0.717) is 33.5 Å². The summed E-state index contributed by atoms with van der Waals surface area (Å²) in [6.07, 6.45) is 0. The number of carbonyl (C=O) groups is 1. The zero-order valence-electron chi connectivity index (χ0n) is 12.7. The quantitative estimate of drug-likeness (QED) is 0.606. The van der Waals surface area contributed by atoms with Crippen molar-refractivity contribution in [1.82, 2.24) is 5.16 Å². The third-order valence-corrected chi connectivity index (χ3v) is 5.23. The third kappa shape index (κ3) is 3.33. The number of methoxy groups -OCH3 is 1. The molecule has 2 aromatic heterocycles. The molecule has 0 spiro atoms. The highest BCUT2D eigenvalue weighted by atomic mass is 79.9. The fraction of sp³-hybridized carbons (Fsp3) is 0.125. The number of nitrogens with zero attached hydrogens (tertiary/aromatic N) is 1. The number of carbonyl (C=O) groups excluding carboxylic acids is 1. The number of ether oxygens (including phenoxy) is 1. The number of benzene rings is 1. The van der Waals surface area contributed by atoms with Crippen molar-refractivity contribution < 1.29 is 14.1 Å². The lowest BCUT2D eigenvalue weighted by atomic mass is 10.1. The summed E-state index contributed by atoms with van der Waals surface area (Å²) in [5.74, 6) is 0.682. The summed E-state index contributed by atoms with van der Waals surface area (Å²) >= 11 is 11.0. The lowest BCUT2D eigenvalue weighted by Gasteiger charge is -2.08. The van der Waals surface area contributed by atoms with Crippen molar-refractivity contribution in [2.45, 2.75) is 6.92 Å². The van der Waals surface area contributed by atoms with Crippen molar-refractivity contribution in [3.8, 4) is 16.3 Å². The van der Waals surface area contributed by atoms with Gasteiger partial charge in [-0.1, -0.05) is 16.8 Å². The molecule has 0 bridgehead atoms. The number of anilines is 1. The second-order valence-electron chi connectivity index (χ2n) is 4.87. The van der Waals surface area contributed by atoms with Crippen LogP contribution in [0.4, 0.5) is 5.69 Å². The molecule has 1 aromatic carbocycles. The molecule has 0 saturated heterocycles. The molecule has 0 aliphatic rings. The SMILES string of the molecule is COc1ccc(NC(=O)c2c(-c3ccc(Br)s3)noc2C)cc1Cl. The maximum Gasteiger partial charge on any atom is 0.261 e. The number of aryl methyl sites for hydroxylation is 1. The Hall–Kier alpha value is -1.83. The molecule has 0 saturated carbocycles. The van der Waals surface area contributed by atoms with Crippen LogP contribution < -0.4 is 10.1 Å². The molecule has 0 aliphatic heterocycles. The number of aromatic nitrogens is 1. The van der Waals surface area contributed by atoms with Crippen LogP contribution >= 0.6 is 38.9 Å². The number of hydrogen-bond donors (Lipinski definition) is 1. The molecular weight excluding hydrogens is 416 g/mol. The highest BCUT2D eigenvalue weighted by Gasteiger charge is 2.23. The Balaban J connectivity index is 1.91. The Bertz CT molecular complexity index is 907. The molecule has 5 nitrogen and oxygen atoms in total. The molecule has 3 aromatic rings. The summed E-state index contributed by atoms with van der Waals surface area (Å²) in [6.45, 7) is 1.70. The molecule has 2 heterocycles. The standard InChI is InChI=1S/C16H12BrClN2O3S/c1-8-14(15(20-23-8)12-5-6-13(17)24-12)16(21)19-9-3-4-11(22-2)10(18)7-9/h3-7H,1-2H3,(H,19,21). The Morgan fingerprint density at radius 2 is 2.17 bits per heavy atom. The minimum Gasteiger partial charge on any atom is -0.495 e. The summed E-state index contributed by atoms with van der Waals surface area (Å²) in [6, 6.07) is 8.81. The molecule has 1 amide bonds. The van der Waals surface area contributed by atoms with Crippen LogP contribution in [-0.4, -0.2) is 18.2 Å². The summed E-state index contributed by atoms with van der Waals surface area (Å²) in [5, 5.41) is 7.24. The van der Waals surface area contributed by atoms with Crippen LogP contribution in [0, 0.1) is 6.92 Å². The minimum atomic E-state index is -0.311. The Morgan fingerprint density at radius 1 is 1.38 bits per heavy atom. The second-order valence-corrected chi connectivity index (χ2v) is 7.74. The number of rotatable bonds is 4. The zero-order chi connectivity index (χ0) is 17.3. The highest BCUT2D eigenvalue weighted by Crippen LogP contribution is 2.34. The minimum absolute atomic E-state index is 0.311. The zero-order valence-corrected chi connectivity index (χ0v) is 15.9. The fourth-order valence-corrected chi connectivity index (χ4v) is 3.82. The molecule has 3 rings (SSSR count). The van der Waals surface area contributed by atoms with E-state index in [1.165, 1.54) is 18.4 Å². The smallest absolute Gasteiger partial charge is 0.261 e. The molecule has 24 heavy (non-hydrogen) atoms. The fourth-order valence-electron chi connectivity index (χ4n) is 2.19. The second kappa shape index (κ2) is 6.96. The number of amides is 1. The van der Waals surface area contributed by atoms with Gasteiger partial charge < -0.3 is 14.6 Å². The molecule has 0 radical (unpaired) electrons. The summed E-state index contributed by atoms with van der Waals surface area (Å²) < 4.78 is 11.3. The molecule has 0 unspecified atom stereocenters. The summed E-state index contributed by atoms with van der Waals surface area (Å²) in [4.78, 5) is 13.5. The first kappa shape index (κ1) is 17.0. The van der Waals surface area contributed by atoms with Crippen molar-refractivity contribution >= 4 is 50.5 Å². The summed E-state index contributed by atoms with van der Waals surface area (Å²) in [7, 11) is 1.53. The number of nitrogens with one attached hydrogen (secondary N) is 1. The van der Waals surface area contributed by atoms with E-state index in [4.69, 9.17) is 20.9 Å². The van der Waals surface area contributed by atoms with Crippen LogP contribution in [0.2, 0.25) is 5.02 Å². The van der Waals surface area contributed by atoms with Crippen LogP contribution in [0.1, 0.15) is 16.1 Å². The van der Waals surface area contributed by atoms with E-state index < -0.39 is 0 Å². The first-order valence-electron chi connectivity index (χ1n) is 6.86. The first-order chi connectivity index (χ1) is 11.5. The first-order valence-corrected chi connectivity index (χ1v) is 8.85. The van der Waals surface area contributed by atoms with E-state index in [9.17, 15) is 4.79 Å².